The van der Waals surface area contributed by atoms with Gasteiger partial charge in [-0.1, -0.05) is 24.3 Å². The van der Waals surface area contributed by atoms with E-state index in [4.69, 9.17) is 0 Å². The van der Waals surface area contributed by atoms with E-state index in [1.54, 1.807) is 23.2 Å². The number of aromatic nitrogens is 2. The summed E-state index contributed by atoms with van der Waals surface area (Å²) in [4.78, 5) is 22.3. The average molecular weight is 419 g/mol. The molecule has 1 aromatic heterocycles. The molecule has 3 heterocycles. The van der Waals surface area contributed by atoms with E-state index in [9.17, 15) is 13.2 Å². The first kappa shape index (κ1) is 18.3. The molecule has 1 amide bonds. The Kier molecular flexibility index (Phi) is 4.25. The number of hydrogen-bond acceptors (Lipinski definition) is 5. The third-order valence-corrected chi connectivity index (χ3v) is 6.03. The number of amidine groups is 1. The van der Waals surface area contributed by atoms with Crippen molar-refractivity contribution in [1.29, 1.82) is 0 Å². The Balaban J connectivity index is 1.36. The second kappa shape index (κ2) is 6.96. The van der Waals surface area contributed by atoms with Gasteiger partial charge < -0.3 is 15.2 Å². The van der Waals surface area contributed by atoms with Crippen molar-refractivity contribution in [2.75, 3.05) is 17.6 Å². The summed E-state index contributed by atoms with van der Waals surface area (Å²) < 4.78 is 26.9. The molecule has 0 atom stereocenters. The lowest BCUT2D eigenvalue weighted by Crippen LogP contribution is -2.37. The van der Waals surface area contributed by atoms with E-state index >= 15 is 0 Å². The number of hydrogen-bond donors (Lipinski definition) is 2. The summed E-state index contributed by atoms with van der Waals surface area (Å²) in [6.07, 6.45) is 4.72. The maximum atomic E-state index is 12.7. The molecule has 0 aliphatic carbocycles. The van der Waals surface area contributed by atoms with Crippen LogP contribution in [0.4, 0.5) is 5.69 Å². The van der Waals surface area contributed by atoms with Crippen LogP contribution in [0.25, 0.3) is 22.4 Å². The first-order valence-electron chi connectivity index (χ1n) is 9.33. The zero-order valence-corrected chi connectivity index (χ0v) is 16.6. The van der Waals surface area contributed by atoms with E-state index in [1.807, 2.05) is 42.5 Å². The van der Waals surface area contributed by atoms with Crippen molar-refractivity contribution in [3.63, 3.8) is 0 Å². The number of para-hydroxylation sites is 2. The second-order valence-corrected chi connectivity index (χ2v) is 8.74. The molecule has 0 unspecified atom stereocenters. The number of carbonyl (C=O) groups is 1. The number of fused-ring (bicyclic) bond motifs is 2. The van der Waals surface area contributed by atoms with E-state index in [-0.39, 0.29) is 18.2 Å². The highest BCUT2D eigenvalue weighted by Gasteiger charge is 2.25. The maximum Gasteiger partial charge on any atom is 0.257 e. The molecule has 0 radical (unpaired) electrons. The first-order chi connectivity index (χ1) is 14.5. The number of nitrogens with zero attached hydrogens (tertiary/aromatic N) is 3. The van der Waals surface area contributed by atoms with Gasteiger partial charge in [0.25, 0.3) is 15.9 Å². The molecular formula is C21H17N5O3S. The number of H-pyrrole nitrogens is 1. The zero-order chi connectivity index (χ0) is 20.7. The van der Waals surface area contributed by atoms with Gasteiger partial charge in [-0.3, -0.25) is 4.79 Å². The average Bonchev–Trinajstić information content (AvgIpc) is 3.17. The lowest BCUT2D eigenvalue weighted by Gasteiger charge is -2.26. The van der Waals surface area contributed by atoms with Gasteiger partial charge in [0.2, 0.25) is 0 Å². The fourth-order valence-electron chi connectivity index (χ4n) is 3.37. The number of carbonyl (C=O) groups excluding carboxylic acids is 1. The van der Waals surface area contributed by atoms with Gasteiger partial charge in [0, 0.05) is 24.0 Å². The Morgan fingerprint density at radius 1 is 1.10 bits per heavy atom. The number of imidazole rings is 1. The Morgan fingerprint density at radius 3 is 2.83 bits per heavy atom. The fourth-order valence-corrected chi connectivity index (χ4v) is 4.34. The molecular weight excluding hydrogens is 402 g/mol. The number of sulfonamides is 1. The molecule has 9 heteroatoms. The fraction of sp³-hybridized carbons (Fsp3) is 0.0952. The standard InChI is InChI=1S/C21H17N5O3S/c27-21(15-8-9-19-25-30(28,29)11-10-26(19)13-15)22-16-5-3-4-14(12-16)20-23-17-6-1-2-7-18(17)24-20/h1-9,12-13H,10-11H2,(H,22,27)(H,23,24). The van der Waals surface area contributed by atoms with Gasteiger partial charge in [0.15, 0.2) is 0 Å². The zero-order valence-electron chi connectivity index (χ0n) is 15.7. The number of rotatable bonds is 3. The molecule has 0 fully saturated rings. The smallest absolute Gasteiger partial charge is 0.257 e. The van der Waals surface area contributed by atoms with Gasteiger partial charge >= 0.3 is 0 Å². The van der Waals surface area contributed by atoms with Crippen LogP contribution < -0.4 is 5.32 Å². The summed E-state index contributed by atoms with van der Waals surface area (Å²) >= 11 is 0. The minimum atomic E-state index is -3.42. The minimum Gasteiger partial charge on any atom is -0.338 e. The Bertz CT molecular complexity index is 1340. The third kappa shape index (κ3) is 3.50. The van der Waals surface area contributed by atoms with Crippen LogP contribution in [-0.2, 0) is 14.8 Å². The van der Waals surface area contributed by atoms with Crippen LogP contribution in [0.5, 0.6) is 0 Å². The topological polar surface area (TPSA) is 108 Å². The highest BCUT2D eigenvalue weighted by atomic mass is 32.2. The molecule has 3 aromatic rings. The number of aromatic amines is 1. The summed E-state index contributed by atoms with van der Waals surface area (Å²) in [5, 5.41) is 2.88. The highest BCUT2D eigenvalue weighted by Crippen LogP contribution is 2.24. The van der Waals surface area contributed by atoms with Crippen molar-refractivity contribution < 1.29 is 13.2 Å². The number of nitrogens with one attached hydrogen (secondary N) is 2. The summed E-state index contributed by atoms with van der Waals surface area (Å²) in [6.45, 7) is 0.268. The molecule has 0 bridgehead atoms. The van der Waals surface area contributed by atoms with E-state index < -0.39 is 10.0 Å². The molecule has 5 rings (SSSR count). The van der Waals surface area contributed by atoms with Crippen molar-refractivity contribution in [2.24, 2.45) is 4.40 Å². The summed E-state index contributed by atoms with van der Waals surface area (Å²) in [6, 6.07) is 15.2. The largest absolute Gasteiger partial charge is 0.338 e. The first-order valence-corrected chi connectivity index (χ1v) is 10.9. The van der Waals surface area contributed by atoms with Crippen molar-refractivity contribution in [3.8, 4) is 11.4 Å². The second-order valence-electron chi connectivity index (χ2n) is 6.98. The van der Waals surface area contributed by atoms with Crippen LogP contribution in [0.15, 0.2) is 76.9 Å². The monoisotopic (exact) mass is 419 g/mol. The van der Waals surface area contributed by atoms with Crippen molar-refractivity contribution in [3.05, 3.63) is 72.5 Å². The van der Waals surface area contributed by atoms with E-state index in [0.717, 1.165) is 22.4 Å². The molecule has 0 saturated carbocycles. The third-order valence-electron chi connectivity index (χ3n) is 4.87. The van der Waals surface area contributed by atoms with E-state index in [1.165, 1.54) is 6.08 Å². The number of amides is 1. The van der Waals surface area contributed by atoms with Gasteiger partial charge in [-0.05, 0) is 36.4 Å². The molecule has 0 spiro atoms. The summed E-state index contributed by atoms with van der Waals surface area (Å²) in [7, 11) is -3.42. The van der Waals surface area contributed by atoms with Gasteiger partial charge in [0.1, 0.15) is 11.7 Å². The van der Waals surface area contributed by atoms with Gasteiger partial charge in [-0.2, -0.15) is 0 Å². The van der Waals surface area contributed by atoms with Crippen LogP contribution in [0, 0.1) is 0 Å². The van der Waals surface area contributed by atoms with Crippen LogP contribution in [0.1, 0.15) is 0 Å². The maximum absolute atomic E-state index is 12.7. The molecule has 8 nitrogen and oxygen atoms in total. The van der Waals surface area contributed by atoms with Gasteiger partial charge in [0.05, 0.1) is 22.4 Å². The highest BCUT2D eigenvalue weighted by molar-refractivity contribution is 7.90. The predicted octanol–water partition coefficient (Wildman–Crippen LogP) is 2.67. The van der Waals surface area contributed by atoms with Crippen molar-refractivity contribution in [1.82, 2.24) is 14.9 Å². The molecule has 2 aliphatic rings. The molecule has 0 saturated heterocycles. The van der Waals surface area contributed by atoms with Gasteiger partial charge in [-0.15, -0.1) is 4.40 Å². The van der Waals surface area contributed by atoms with Crippen molar-refractivity contribution >= 4 is 38.5 Å². The minimum absolute atomic E-state index is 0.0741. The Morgan fingerprint density at radius 2 is 1.97 bits per heavy atom. The van der Waals surface area contributed by atoms with Crippen molar-refractivity contribution in [2.45, 2.75) is 0 Å². The normalized spacial score (nSPS) is 17.3. The Labute approximate surface area is 172 Å². The van der Waals surface area contributed by atoms with Gasteiger partial charge in [-0.25, -0.2) is 13.4 Å². The predicted molar refractivity (Wildman–Crippen MR) is 115 cm³/mol. The lowest BCUT2D eigenvalue weighted by molar-refractivity contribution is -0.112. The molecule has 2 N–H and O–H groups in total. The quantitative estimate of drug-likeness (QED) is 0.679. The Hall–Kier alpha value is -3.72. The van der Waals surface area contributed by atoms with E-state index in [2.05, 4.69) is 19.7 Å². The number of anilines is 1. The van der Waals surface area contributed by atoms with Crippen LogP contribution in [0.3, 0.4) is 0 Å². The van der Waals surface area contributed by atoms with E-state index in [0.29, 0.717) is 17.1 Å². The van der Waals surface area contributed by atoms with Crippen LogP contribution >= 0.6 is 0 Å². The molecule has 2 aromatic carbocycles. The number of benzene rings is 2. The summed E-state index contributed by atoms with van der Waals surface area (Å²) in [5.74, 6) is 0.680. The molecule has 150 valence electrons. The lowest BCUT2D eigenvalue weighted by atomic mass is 10.1. The SMILES string of the molecule is O=C(Nc1cccc(-c2nc3ccccc3[nH]2)c1)C1=CN2CCS(=O)(=O)N=C2C=C1. The summed E-state index contributed by atoms with van der Waals surface area (Å²) in [5.41, 5.74) is 3.73. The molecule has 30 heavy (non-hydrogen) atoms. The molecule has 2 aliphatic heterocycles. The van der Waals surface area contributed by atoms with Crippen LogP contribution in [-0.4, -0.2) is 47.3 Å². The van der Waals surface area contributed by atoms with Crippen LogP contribution in [0.2, 0.25) is 0 Å².